The molecule has 2 amide bonds. The molecule has 0 radical (unpaired) electrons. The highest BCUT2D eigenvalue weighted by Crippen LogP contribution is 2.23. The lowest BCUT2D eigenvalue weighted by Crippen LogP contribution is -2.24. The van der Waals surface area contributed by atoms with E-state index in [4.69, 9.17) is 10.5 Å². The van der Waals surface area contributed by atoms with Crippen LogP contribution in [0.3, 0.4) is 0 Å². The van der Waals surface area contributed by atoms with Gasteiger partial charge in [0.1, 0.15) is 5.75 Å². The van der Waals surface area contributed by atoms with Crippen molar-refractivity contribution in [1.82, 2.24) is 5.43 Å². The van der Waals surface area contributed by atoms with Crippen LogP contribution in [0.1, 0.15) is 21.5 Å². The van der Waals surface area contributed by atoms with Crippen LogP contribution in [-0.4, -0.2) is 18.2 Å². The summed E-state index contributed by atoms with van der Waals surface area (Å²) in [6, 6.07) is 11.4. The summed E-state index contributed by atoms with van der Waals surface area (Å²) in [6.45, 7) is 1.89. The number of esters is 1. The van der Waals surface area contributed by atoms with Crippen molar-refractivity contribution in [3.05, 3.63) is 63.6 Å². The van der Waals surface area contributed by atoms with E-state index >= 15 is 0 Å². The number of carbonyl (C=O) groups excluding carboxylic acids is 2. The Hall–Kier alpha value is -2.67. The van der Waals surface area contributed by atoms with E-state index in [1.807, 2.05) is 13.0 Å². The molecule has 0 saturated carbocycles. The molecule has 0 aliphatic carbocycles. The van der Waals surface area contributed by atoms with Gasteiger partial charge < -0.3 is 10.5 Å². The van der Waals surface area contributed by atoms with Gasteiger partial charge in [-0.25, -0.2) is 15.0 Å². The molecule has 23 heavy (non-hydrogen) atoms. The SMILES string of the molecule is Cc1cccc(C(=O)Oc2ccc(Br)cc2/C=N/NC(N)=O)c1. The number of nitrogens with one attached hydrogen (secondary N) is 1. The quantitative estimate of drug-likeness (QED) is 0.372. The standard InChI is InChI=1S/C16H14BrN3O3/c1-10-3-2-4-11(7-10)15(21)23-14-6-5-13(17)8-12(14)9-19-20-16(18)22/h2-9H,1H3,(H3,18,20,22)/b19-9+. The second kappa shape index (κ2) is 7.55. The van der Waals surface area contributed by atoms with Crippen LogP contribution in [-0.2, 0) is 0 Å². The average Bonchev–Trinajstić information content (AvgIpc) is 2.49. The molecule has 6 nitrogen and oxygen atoms in total. The molecule has 7 heteroatoms. The smallest absolute Gasteiger partial charge is 0.343 e. The van der Waals surface area contributed by atoms with E-state index in [-0.39, 0.29) is 0 Å². The predicted octanol–water partition coefficient (Wildman–Crippen LogP) is 2.98. The van der Waals surface area contributed by atoms with E-state index in [2.05, 4.69) is 26.5 Å². The molecule has 0 spiro atoms. The van der Waals surface area contributed by atoms with Crippen LogP contribution in [0, 0.1) is 6.92 Å². The van der Waals surface area contributed by atoms with Crippen molar-refractivity contribution in [1.29, 1.82) is 0 Å². The van der Waals surface area contributed by atoms with Gasteiger partial charge >= 0.3 is 12.0 Å². The molecule has 0 heterocycles. The maximum atomic E-state index is 12.2. The fraction of sp³-hybridized carbons (Fsp3) is 0.0625. The molecule has 0 aliphatic heterocycles. The molecule has 0 aromatic heterocycles. The third-order valence-electron chi connectivity index (χ3n) is 2.81. The minimum atomic E-state index is -0.783. The van der Waals surface area contributed by atoms with Gasteiger partial charge in [0.05, 0.1) is 11.8 Å². The van der Waals surface area contributed by atoms with Gasteiger partial charge in [-0.3, -0.25) is 0 Å². The van der Waals surface area contributed by atoms with Crippen molar-refractivity contribution >= 4 is 34.1 Å². The summed E-state index contributed by atoms with van der Waals surface area (Å²) in [6.07, 6.45) is 1.34. The van der Waals surface area contributed by atoms with Crippen LogP contribution >= 0.6 is 15.9 Å². The summed E-state index contributed by atoms with van der Waals surface area (Å²) >= 11 is 3.32. The topological polar surface area (TPSA) is 93.8 Å². The largest absolute Gasteiger partial charge is 0.422 e. The number of aryl methyl sites for hydroxylation is 1. The minimum absolute atomic E-state index is 0.315. The van der Waals surface area contributed by atoms with Gasteiger partial charge in [-0.2, -0.15) is 5.10 Å². The number of halogens is 1. The number of carbonyl (C=O) groups is 2. The number of nitrogens with two attached hydrogens (primary N) is 1. The van der Waals surface area contributed by atoms with Gasteiger partial charge in [-0.15, -0.1) is 0 Å². The predicted molar refractivity (Wildman–Crippen MR) is 90.6 cm³/mol. The van der Waals surface area contributed by atoms with Crippen LogP contribution in [0.4, 0.5) is 4.79 Å². The average molecular weight is 376 g/mol. The first kappa shape index (κ1) is 16.7. The maximum absolute atomic E-state index is 12.2. The third-order valence-corrected chi connectivity index (χ3v) is 3.30. The lowest BCUT2D eigenvalue weighted by Gasteiger charge is -2.08. The molecular weight excluding hydrogens is 362 g/mol. The fourth-order valence-corrected chi connectivity index (χ4v) is 2.19. The molecule has 2 aromatic carbocycles. The van der Waals surface area contributed by atoms with Crippen molar-refractivity contribution in [2.45, 2.75) is 6.92 Å². The normalized spacial score (nSPS) is 10.5. The number of urea groups is 1. The molecule has 0 fully saturated rings. The third kappa shape index (κ3) is 4.93. The minimum Gasteiger partial charge on any atom is -0.422 e. The van der Waals surface area contributed by atoms with E-state index in [0.29, 0.717) is 16.9 Å². The van der Waals surface area contributed by atoms with Gasteiger partial charge in [0.15, 0.2) is 0 Å². The first-order valence-corrected chi connectivity index (χ1v) is 7.42. The molecule has 2 aromatic rings. The number of hydrogen-bond acceptors (Lipinski definition) is 4. The van der Waals surface area contributed by atoms with Crippen LogP contribution in [0.25, 0.3) is 0 Å². The number of hydrazone groups is 1. The van der Waals surface area contributed by atoms with Gasteiger partial charge in [-0.1, -0.05) is 33.6 Å². The van der Waals surface area contributed by atoms with E-state index in [0.717, 1.165) is 10.0 Å². The summed E-state index contributed by atoms with van der Waals surface area (Å²) in [5.74, 6) is -0.164. The Morgan fingerprint density at radius 3 is 2.74 bits per heavy atom. The van der Waals surface area contributed by atoms with Gasteiger partial charge in [-0.05, 0) is 37.3 Å². The molecule has 0 atom stereocenters. The molecule has 0 aliphatic rings. The number of nitrogens with zero attached hydrogens (tertiary/aromatic N) is 1. The molecular formula is C16H14BrN3O3. The summed E-state index contributed by atoms with van der Waals surface area (Å²) in [7, 11) is 0. The van der Waals surface area contributed by atoms with Gasteiger partial charge in [0, 0.05) is 10.0 Å². The number of ether oxygens (including phenoxy) is 1. The van der Waals surface area contributed by atoms with E-state index in [9.17, 15) is 9.59 Å². The van der Waals surface area contributed by atoms with Crippen LogP contribution in [0.5, 0.6) is 5.75 Å². The number of rotatable bonds is 4. The molecule has 0 unspecified atom stereocenters. The summed E-state index contributed by atoms with van der Waals surface area (Å²) in [5, 5.41) is 3.68. The van der Waals surface area contributed by atoms with Crippen molar-refractivity contribution < 1.29 is 14.3 Å². The van der Waals surface area contributed by atoms with Crippen LogP contribution in [0.2, 0.25) is 0 Å². The Morgan fingerprint density at radius 1 is 1.26 bits per heavy atom. The van der Waals surface area contributed by atoms with Crippen LogP contribution in [0.15, 0.2) is 52.0 Å². The number of amides is 2. The van der Waals surface area contributed by atoms with Crippen molar-refractivity contribution in [3.63, 3.8) is 0 Å². The second-order valence-corrected chi connectivity index (χ2v) is 5.59. The van der Waals surface area contributed by atoms with E-state index in [1.165, 1.54) is 6.21 Å². The second-order valence-electron chi connectivity index (χ2n) is 4.68. The highest BCUT2D eigenvalue weighted by molar-refractivity contribution is 9.10. The van der Waals surface area contributed by atoms with Crippen molar-refractivity contribution in [2.75, 3.05) is 0 Å². The zero-order chi connectivity index (χ0) is 16.8. The Morgan fingerprint density at radius 2 is 2.04 bits per heavy atom. The van der Waals surface area contributed by atoms with Crippen molar-refractivity contribution in [2.24, 2.45) is 10.8 Å². The van der Waals surface area contributed by atoms with Crippen LogP contribution < -0.4 is 15.9 Å². The Bertz CT molecular complexity index is 775. The zero-order valence-corrected chi connectivity index (χ0v) is 13.8. The summed E-state index contributed by atoms with van der Waals surface area (Å²) in [4.78, 5) is 22.9. The molecule has 2 rings (SSSR count). The van der Waals surface area contributed by atoms with Gasteiger partial charge in [0.2, 0.25) is 0 Å². The molecule has 0 saturated heterocycles. The lowest BCUT2D eigenvalue weighted by atomic mass is 10.1. The Balaban J connectivity index is 2.23. The number of primary amides is 1. The first-order valence-electron chi connectivity index (χ1n) is 6.62. The number of hydrogen-bond donors (Lipinski definition) is 2. The Kier molecular flexibility index (Phi) is 5.48. The molecule has 0 bridgehead atoms. The van der Waals surface area contributed by atoms with E-state index < -0.39 is 12.0 Å². The van der Waals surface area contributed by atoms with Crippen molar-refractivity contribution in [3.8, 4) is 5.75 Å². The lowest BCUT2D eigenvalue weighted by molar-refractivity contribution is 0.0734. The maximum Gasteiger partial charge on any atom is 0.343 e. The Labute approximate surface area is 141 Å². The summed E-state index contributed by atoms with van der Waals surface area (Å²) in [5.41, 5.74) is 8.94. The molecule has 118 valence electrons. The van der Waals surface area contributed by atoms with E-state index in [1.54, 1.807) is 36.4 Å². The highest BCUT2D eigenvalue weighted by Gasteiger charge is 2.11. The zero-order valence-electron chi connectivity index (χ0n) is 12.2. The first-order chi connectivity index (χ1) is 11.0. The number of benzene rings is 2. The highest BCUT2D eigenvalue weighted by atomic mass is 79.9. The monoisotopic (exact) mass is 375 g/mol. The summed E-state index contributed by atoms with van der Waals surface area (Å²) < 4.78 is 6.18. The fourth-order valence-electron chi connectivity index (χ4n) is 1.81. The molecule has 3 N–H and O–H groups in total. The van der Waals surface area contributed by atoms with Gasteiger partial charge in [0.25, 0.3) is 0 Å².